The topological polar surface area (TPSA) is 128 Å². The molecule has 0 atom stereocenters. The van der Waals surface area contributed by atoms with Gasteiger partial charge in [0.05, 0.1) is 12.0 Å². The molecule has 0 radical (unpaired) electrons. The van der Waals surface area contributed by atoms with Gasteiger partial charge >= 0.3 is 5.22 Å². The van der Waals surface area contributed by atoms with Crippen LogP contribution in [-0.4, -0.2) is 35.3 Å². The van der Waals surface area contributed by atoms with Gasteiger partial charge < -0.3 is 14.2 Å². The maximum absolute atomic E-state index is 12.3. The summed E-state index contributed by atoms with van der Waals surface area (Å²) in [5.41, 5.74) is 1.58. The van der Waals surface area contributed by atoms with Crippen molar-refractivity contribution in [2.45, 2.75) is 5.22 Å². The molecular formula is C17H12N4O5S2. The predicted molar refractivity (Wildman–Crippen MR) is 100 cm³/mol. The fourth-order valence-corrected chi connectivity index (χ4v) is 3.95. The molecular weight excluding hydrogens is 404 g/mol. The zero-order valence-corrected chi connectivity index (χ0v) is 15.7. The zero-order valence-electron chi connectivity index (χ0n) is 14.1. The summed E-state index contributed by atoms with van der Waals surface area (Å²) in [4.78, 5) is 16.4. The van der Waals surface area contributed by atoms with Crippen LogP contribution in [0.3, 0.4) is 0 Å². The second-order valence-electron chi connectivity index (χ2n) is 5.56. The van der Waals surface area contributed by atoms with E-state index in [1.165, 1.54) is 17.6 Å². The smallest absolute Gasteiger partial charge is 0.336 e. The van der Waals surface area contributed by atoms with E-state index in [2.05, 4.69) is 20.5 Å². The van der Waals surface area contributed by atoms with Crippen molar-refractivity contribution in [1.82, 2.24) is 15.2 Å². The third-order valence-corrected chi connectivity index (χ3v) is 5.64. The number of sulfone groups is 1. The Balaban J connectivity index is 1.44. The fourth-order valence-electron chi connectivity index (χ4n) is 2.30. The quantitative estimate of drug-likeness (QED) is 0.508. The Hall–Kier alpha value is -3.31. The van der Waals surface area contributed by atoms with Gasteiger partial charge in [-0.05, 0) is 12.1 Å². The number of carbonyl (C=O) groups is 1. The number of anilines is 1. The van der Waals surface area contributed by atoms with Crippen LogP contribution in [0.5, 0.6) is 0 Å². The SMILES string of the molecule is O=C(CS(=O)(=O)c1nnc(-c2ccco2)o1)Nc1nc(-c2ccccc2)cs1. The van der Waals surface area contributed by atoms with Crippen LogP contribution in [0.2, 0.25) is 0 Å². The van der Waals surface area contributed by atoms with Gasteiger partial charge in [0.1, 0.15) is 5.75 Å². The van der Waals surface area contributed by atoms with Gasteiger partial charge in [-0.25, -0.2) is 13.4 Å². The van der Waals surface area contributed by atoms with Crippen LogP contribution in [-0.2, 0) is 14.6 Å². The highest BCUT2D eigenvalue weighted by Crippen LogP contribution is 2.25. The minimum absolute atomic E-state index is 0.0867. The van der Waals surface area contributed by atoms with Gasteiger partial charge in [0.15, 0.2) is 10.9 Å². The molecule has 4 aromatic rings. The van der Waals surface area contributed by atoms with E-state index >= 15 is 0 Å². The molecule has 0 aliphatic carbocycles. The summed E-state index contributed by atoms with van der Waals surface area (Å²) in [5, 5.41) is 11.0. The second-order valence-corrected chi connectivity index (χ2v) is 8.29. The van der Waals surface area contributed by atoms with E-state index in [0.29, 0.717) is 10.8 Å². The van der Waals surface area contributed by atoms with Crippen molar-refractivity contribution < 1.29 is 22.0 Å². The predicted octanol–water partition coefficient (Wildman–Crippen LogP) is 2.87. The molecule has 0 spiro atoms. The van der Waals surface area contributed by atoms with Crippen molar-refractivity contribution in [2.24, 2.45) is 0 Å². The summed E-state index contributed by atoms with van der Waals surface area (Å²) in [6.07, 6.45) is 1.39. The Morgan fingerprint density at radius 1 is 1.11 bits per heavy atom. The normalized spacial score (nSPS) is 11.4. The standard InChI is InChI=1S/C17H12N4O5S2/c22-14(19-16-18-12(9-27-16)11-5-2-1-3-6-11)10-28(23,24)17-21-20-15(26-17)13-7-4-8-25-13/h1-9H,10H2,(H,18,19,22). The number of aromatic nitrogens is 3. The van der Waals surface area contributed by atoms with E-state index in [0.717, 1.165) is 5.56 Å². The maximum atomic E-state index is 12.3. The average molecular weight is 416 g/mol. The minimum atomic E-state index is -4.11. The van der Waals surface area contributed by atoms with E-state index in [1.807, 2.05) is 30.3 Å². The number of nitrogens with one attached hydrogen (secondary N) is 1. The Kier molecular flexibility index (Phi) is 4.75. The van der Waals surface area contributed by atoms with Gasteiger partial charge in [-0.3, -0.25) is 4.79 Å². The van der Waals surface area contributed by atoms with Crippen molar-refractivity contribution >= 4 is 32.2 Å². The number of hydrogen-bond donors (Lipinski definition) is 1. The highest BCUT2D eigenvalue weighted by atomic mass is 32.2. The lowest BCUT2D eigenvalue weighted by Crippen LogP contribution is -2.23. The van der Waals surface area contributed by atoms with E-state index in [-0.39, 0.29) is 11.7 Å². The molecule has 4 rings (SSSR count). The van der Waals surface area contributed by atoms with Gasteiger partial charge in [0, 0.05) is 10.9 Å². The lowest BCUT2D eigenvalue weighted by atomic mass is 10.2. The first-order valence-electron chi connectivity index (χ1n) is 7.92. The van der Waals surface area contributed by atoms with Gasteiger partial charge in [-0.1, -0.05) is 35.4 Å². The molecule has 3 aromatic heterocycles. The summed E-state index contributed by atoms with van der Waals surface area (Å²) in [5.74, 6) is -1.47. The molecule has 0 fully saturated rings. The third kappa shape index (κ3) is 3.85. The molecule has 1 amide bonds. The molecule has 1 aromatic carbocycles. The third-order valence-electron chi connectivity index (χ3n) is 3.55. The lowest BCUT2D eigenvalue weighted by Gasteiger charge is -2.01. The molecule has 0 bridgehead atoms. The lowest BCUT2D eigenvalue weighted by molar-refractivity contribution is -0.113. The molecule has 0 aliphatic rings. The highest BCUT2D eigenvalue weighted by molar-refractivity contribution is 7.91. The van der Waals surface area contributed by atoms with Crippen LogP contribution in [0.1, 0.15) is 0 Å². The molecule has 11 heteroatoms. The number of furan rings is 1. The zero-order chi connectivity index (χ0) is 19.6. The van der Waals surface area contributed by atoms with Gasteiger partial charge in [-0.2, -0.15) is 0 Å². The van der Waals surface area contributed by atoms with Gasteiger partial charge in [0.25, 0.3) is 5.89 Å². The fraction of sp³-hybridized carbons (Fsp3) is 0.0588. The second kappa shape index (κ2) is 7.37. The van der Waals surface area contributed by atoms with Gasteiger partial charge in [0.2, 0.25) is 15.7 Å². The molecule has 28 heavy (non-hydrogen) atoms. The molecule has 9 nitrogen and oxygen atoms in total. The number of thiazole rings is 1. The van der Waals surface area contributed by atoms with Crippen molar-refractivity contribution in [1.29, 1.82) is 0 Å². The van der Waals surface area contributed by atoms with Crippen LogP contribution in [0.25, 0.3) is 22.9 Å². The summed E-state index contributed by atoms with van der Waals surface area (Å²) in [6, 6.07) is 12.6. The first-order chi connectivity index (χ1) is 13.5. The Labute approximate surface area is 163 Å². The van der Waals surface area contributed by atoms with Crippen LogP contribution >= 0.6 is 11.3 Å². The van der Waals surface area contributed by atoms with Crippen molar-refractivity contribution in [3.8, 4) is 22.9 Å². The van der Waals surface area contributed by atoms with Crippen LogP contribution in [0.4, 0.5) is 5.13 Å². The van der Waals surface area contributed by atoms with E-state index in [4.69, 9.17) is 8.83 Å². The van der Waals surface area contributed by atoms with Crippen LogP contribution < -0.4 is 5.32 Å². The molecule has 0 saturated heterocycles. The summed E-state index contributed by atoms with van der Waals surface area (Å²) >= 11 is 1.20. The summed E-state index contributed by atoms with van der Waals surface area (Å²) < 4.78 is 34.9. The minimum Gasteiger partial charge on any atom is -0.459 e. The molecule has 0 aliphatic heterocycles. The van der Waals surface area contributed by atoms with Crippen LogP contribution in [0.15, 0.2) is 68.2 Å². The van der Waals surface area contributed by atoms with Gasteiger partial charge in [-0.15, -0.1) is 16.4 Å². The molecule has 0 saturated carbocycles. The number of benzene rings is 1. The number of nitrogens with zero attached hydrogens (tertiary/aromatic N) is 3. The number of amides is 1. The van der Waals surface area contributed by atoms with Crippen molar-refractivity contribution in [2.75, 3.05) is 11.1 Å². The van der Waals surface area contributed by atoms with E-state index < -0.39 is 26.7 Å². The Morgan fingerprint density at radius 3 is 2.68 bits per heavy atom. The molecule has 142 valence electrons. The Morgan fingerprint density at radius 2 is 1.93 bits per heavy atom. The van der Waals surface area contributed by atoms with E-state index in [1.54, 1.807) is 17.5 Å². The monoisotopic (exact) mass is 416 g/mol. The van der Waals surface area contributed by atoms with E-state index in [9.17, 15) is 13.2 Å². The van der Waals surface area contributed by atoms with Crippen molar-refractivity contribution in [3.05, 3.63) is 54.1 Å². The maximum Gasteiger partial charge on any atom is 0.336 e. The largest absolute Gasteiger partial charge is 0.459 e. The summed E-state index contributed by atoms with van der Waals surface area (Å²) in [6.45, 7) is 0. The molecule has 3 heterocycles. The highest BCUT2D eigenvalue weighted by Gasteiger charge is 2.27. The summed E-state index contributed by atoms with van der Waals surface area (Å²) in [7, 11) is -4.11. The average Bonchev–Trinajstić information content (AvgIpc) is 3.42. The van der Waals surface area contributed by atoms with Crippen LogP contribution in [0, 0.1) is 0 Å². The Bertz CT molecular complexity index is 1200. The first-order valence-corrected chi connectivity index (χ1v) is 10.5. The molecule has 0 unspecified atom stereocenters. The number of carbonyl (C=O) groups excluding carboxylic acids is 1. The molecule has 1 N–H and O–H groups in total. The number of hydrogen-bond acceptors (Lipinski definition) is 9. The number of rotatable bonds is 6. The first kappa shape index (κ1) is 18.1. The van der Waals surface area contributed by atoms with Crippen molar-refractivity contribution in [3.63, 3.8) is 0 Å².